The van der Waals surface area contributed by atoms with Crippen LogP contribution in [-0.4, -0.2) is 31.4 Å². The van der Waals surface area contributed by atoms with Gasteiger partial charge in [0.15, 0.2) is 12.4 Å². The van der Waals surface area contributed by atoms with Crippen LogP contribution in [0.4, 0.5) is 5.69 Å². The normalized spacial score (nSPS) is 10.3. The van der Waals surface area contributed by atoms with E-state index in [1.807, 2.05) is 42.5 Å². The summed E-state index contributed by atoms with van der Waals surface area (Å²) in [5.41, 5.74) is 3.76. The first kappa shape index (κ1) is 23.4. The van der Waals surface area contributed by atoms with E-state index in [2.05, 4.69) is 5.32 Å². The Bertz CT molecular complexity index is 1330. The Labute approximate surface area is 203 Å². The highest BCUT2D eigenvalue weighted by Gasteiger charge is 2.13. The van der Waals surface area contributed by atoms with E-state index in [0.29, 0.717) is 22.6 Å². The van der Waals surface area contributed by atoms with Crippen LogP contribution < -0.4 is 10.1 Å². The number of carbonyl (C=O) groups excluding carboxylic acids is 3. The maximum Gasteiger partial charge on any atom is 0.338 e. The van der Waals surface area contributed by atoms with Gasteiger partial charge in [-0.2, -0.15) is 0 Å². The predicted molar refractivity (Wildman–Crippen MR) is 134 cm³/mol. The Morgan fingerprint density at radius 2 is 1.34 bits per heavy atom. The van der Waals surface area contributed by atoms with Gasteiger partial charge in [0.2, 0.25) is 0 Å². The average Bonchev–Trinajstić information content (AvgIpc) is 2.92. The van der Waals surface area contributed by atoms with Gasteiger partial charge in [0, 0.05) is 16.8 Å². The summed E-state index contributed by atoms with van der Waals surface area (Å²) in [4.78, 5) is 37.2. The van der Waals surface area contributed by atoms with Crippen LogP contribution in [-0.2, 0) is 4.74 Å². The molecule has 0 atom stereocenters. The molecular weight excluding hydrogens is 442 g/mol. The molecule has 0 bridgehead atoms. The smallest absolute Gasteiger partial charge is 0.338 e. The number of hydrogen-bond donors (Lipinski definition) is 1. The lowest BCUT2D eigenvalue weighted by atomic mass is 10.0. The minimum Gasteiger partial charge on any atom is -0.497 e. The molecule has 0 fully saturated rings. The molecule has 0 aliphatic rings. The van der Waals surface area contributed by atoms with Crippen molar-refractivity contribution >= 4 is 23.3 Å². The maximum atomic E-state index is 12.5. The van der Waals surface area contributed by atoms with E-state index in [9.17, 15) is 14.4 Å². The highest BCUT2D eigenvalue weighted by molar-refractivity contribution is 6.05. The van der Waals surface area contributed by atoms with Gasteiger partial charge in [0.1, 0.15) is 5.75 Å². The van der Waals surface area contributed by atoms with Crippen molar-refractivity contribution in [2.24, 2.45) is 0 Å². The lowest BCUT2D eigenvalue weighted by Gasteiger charge is -2.08. The molecule has 0 radical (unpaired) electrons. The summed E-state index contributed by atoms with van der Waals surface area (Å²) in [6.45, 7) is -0.363. The molecule has 0 aliphatic carbocycles. The topological polar surface area (TPSA) is 81.7 Å². The summed E-state index contributed by atoms with van der Waals surface area (Å²) in [6.07, 6.45) is 0. The Balaban J connectivity index is 1.31. The monoisotopic (exact) mass is 465 g/mol. The van der Waals surface area contributed by atoms with Crippen molar-refractivity contribution in [3.05, 3.63) is 120 Å². The van der Waals surface area contributed by atoms with E-state index in [0.717, 1.165) is 11.1 Å². The Morgan fingerprint density at radius 1 is 0.686 bits per heavy atom. The fourth-order valence-corrected chi connectivity index (χ4v) is 3.43. The van der Waals surface area contributed by atoms with E-state index in [1.54, 1.807) is 48.5 Å². The van der Waals surface area contributed by atoms with Crippen molar-refractivity contribution in [3.63, 3.8) is 0 Å². The second kappa shape index (κ2) is 10.9. The number of benzene rings is 4. The minimum absolute atomic E-state index is 0.275. The van der Waals surface area contributed by atoms with Crippen LogP contribution in [0.25, 0.3) is 11.1 Å². The van der Waals surface area contributed by atoms with Gasteiger partial charge in [-0.15, -0.1) is 0 Å². The molecule has 6 nitrogen and oxygen atoms in total. The number of anilines is 1. The summed E-state index contributed by atoms with van der Waals surface area (Å²) in [7, 11) is 1.53. The number of esters is 1. The molecular formula is C29H23NO5. The molecule has 4 rings (SSSR count). The molecule has 0 saturated heterocycles. The quantitative estimate of drug-likeness (QED) is 0.268. The number of methoxy groups -OCH3 is 1. The number of nitrogens with one attached hydrogen (secondary N) is 1. The SMILES string of the molecule is COc1cccc(C(=O)Nc2ccc(C(=O)OCC(=O)c3ccc(-c4ccccc4)cc3)cc2)c1. The molecule has 1 amide bonds. The molecule has 174 valence electrons. The molecule has 0 heterocycles. The van der Waals surface area contributed by atoms with E-state index in [4.69, 9.17) is 9.47 Å². The highest BCUT2D eigenvalue weighted by atomic mass is 16.5. The third-order valence-corrected chi connectivity index (χ3v) is 5.36. The van der Waals surface area contributed by atoms with E-state index in [1.165, 1.54) is 19.2 Å². The van der Waals surface area contributed by atoms with Gasteiger partial charge >= 0.3 is 5.97 Å². The zero-order valence-corrected chi connectivity index (χ0v) is 19.1. The van der Waals surface area contributed by atoms with Crippen LogP contribution in [0.5, 0.6) is 5.75 Å². The minimum atomic E-state index is -0.620. The second-order valence-electron chi connectivity index (χ2n) is 7.71. The van der Waals surface area contributed by atoms with Crippen molar-refractivity contribution in [3.8, 4) is 16.9 Å². The molecule has 6 heteroatoms. The van der Waals surface area contributed by atoms with Gasteiger partial charge in [-0.3, -0.25) is 9.59 Å². The van der Waals surface area contributed by atoms with Gasteiger partial charge in [-0.1, -0.05) is 60.7 Å². The summed E-state index contributed by atoms with van der Waals surface area (Å²) in [5, 5.41) is 2.76. The number of Topliss-reactive ketones (excluding diaryl/α,β-unsaturated/α-hetero) is 1. The number of carbonyl (C=O) groups is 3. The zero-order chi connectivity index (χ0) is 24.6. The first-order valence-electron chi connectivity index (χ1n) is 10.9. The number of hydrogen-bond acceptors (Lipinski definition) is 5. The van der Waals surface area contributed by atoms with Crippen molar-refractivity contribution in [1.82, 2.24) is 0 Å². The van der Waals surface area contributed by atoms with Crippen LogP contribution in [0.2, 0.25) is 0 Å². The molecule has 1 N–H and O–H groups in total. The standard InChI is InChI=1S/C29H23NO5/c1-34-26-9-5-8-24(18-26)28(32)30-25-16-14-23(15-17-25)29(33)35-19-27(31)22-12-10-21(11-13-22)20-6-3-2-4-7-20/h2-18H,19H2,1H3,(H,30,32). The van der Waals surface area contributed by atoms with Gasteiger partial charge < -0.3 is 14.8 Å². The van der Waals surface area contributed by atoms with Gasteiger partial charge in [0.05, 0.1) is 12.7 Å². The van der Waals surface area contributed by atoms with E-state index >= 15 is 0 Å². The lowest BCUT2D eigenvalue weighted by Crippen LogP contribution is -2.15. The molecule has 0 aromatic heterocycles. The van der Waals surface area contributed by atoms with Gasteiger partial charge in [-0.05, 0) is 53.6 Å². The van der Waals surface area contributed by atoms with Gasteiger partial charge in [0.25, 0.3) is 5.91 Å². The van der Waals surface area contributed by atoms with Crippen molar-refractivity contribution < 1.29 is 23.9 Å². The molecule has 0 saturated carbocycles. The highest BCUT2D eigenvalue weighted by Crippen LogP contribution is 2.20. The van der Waals surface area contributed by atoms with Crippen LogP contribution in [0, 0.1) is 0 Å². The summed E-state index contributed by atoms with van der Waals surface area (Å²) >= 11 is 0. The van der Waals surface area contributed by atoms with Crippen molar-refractivity contribution in [2.45, 2.75) is 0 Å². The largest absolute Gasteiger partial charge is 0.497 e. The second-order valence-corrected chi connectivity index (χ2v) is 7.71. The predicted octanol–water partition coefficient (Wildman–Crippen LogP) is 5.65. The molecule has 35 heavy (non-hydrogen) atoms. The Morgan fingerprint density at radius 3 is 2.03 bits per heavy atom. The maximum absolute atomic E-state index is 12.5. The zero-order valence-electron chi connectivity index (χ0n) is 19.1. The Hall–Kier alpha value is -4.71. The lowest BCUT2D eigenvalue weighted by molar-refractivity contribution is 0.0475. The van der Waals surface area contributed by atoms with Crippen LogP contribution in [0.1, 0.15) is 31.1 Å². The van der Waals surface area contributed by atoms with Crippen LogP contribution in [0.15, 0.2) is 103 Å². The van der Waals surface area contributed by atoms with Crippen LogP contribution in [0.3, 0.4) is 0 Å². The number of amides is 1. The molecule has 0 aliphatic heterocycles. The first-order valence-corrected chi connectivity index (χ1v) is 10.9. The van der Waals surface area contributed by atoms with Gasteiger partial charge in [-0.25, -0.2) is 4.79 Å². The first-order chi connectivity index (χ1) is 17.0. The third kappa shape index (κ3) is 6.00. The fraction of sp³-hybridized carbons (Fsp3) is 0.0690. The molecule has 4 aromatic carbocycles. The molecule has 0 unspecified atom stereocenters. The third-order valence-electron chi connectivity index (χ3n) is 5.36. The van der Waals surface area contributed by atoms with Crippen LogP contribution >= 0.6 is 0 Å². The molecule has 0 spiro atoms. The number of ether oxygens (including phenoxy) is 2. The average molecular weight is 466 g/mol. The van der Waals surface area contributed by atoms with E-state index < -0.39 is 5.97 Å². The summed E-state index contributed by atoms with van der Waals surface area (Å²) < 4.78 is 10.3. The van der Waals surface area contributed by atoms with Crippen molar-refractivity contribution in [2.75, 3.05) is 19.0 Å². The van der Waals surface area contributed by atoms with E-state index in [-0.39, 0.29) is 23.9 Å². The number of rotatable bonds is 8. The molecule has 4 aromatic rings. The summed E-state index contributed by atoms with van der Waals surface area (Å²) in [6, 6.07) is 30.1. The Kier molecular flexibility index (Phi) is 7.33. The number of ketones is 1. The summed E-state index contributed by atoms with van der Waals surface area (Å²) in [5.74, 6) is -0.634. The fourth-order valence-electron chi connectivity index (χ4n) is 3.43. The van der Waals surface area contributed by atoms with Crippen molar-refractivity contribution in [1.29, 1.82) is 0 Å².